The van der Waals surface area contributed by atoms with Gasteiger partial charge in [-0.25, -0.2) is 0 Å². The van der Waals surface area contributed by atoms with E-state index in [1.807, 2.05) is 13.8 Å². The molecule has 0 bridgehead atoms. The van der Waals surface area contributed by atoms with E-state index < -0.39 is 0 Å². The molecular formula is C4H10N2. The number of hydrazone groups is 1. The van der Waals surface area contributed by atoms with Gasteiger partial charge in [-0.2, -0.15) is 5.10 Å². The topological polar surface area (TPSA) is 38.4 Å². The quantitative estimate of drug-likeness (QED) is 0.283. The average Bonchev–Trinajstić information content (AvgIpc) is 1.35. The Morgan fingerprint density at radius 3 is 2.17 bits per heavy atom. The van der Waals surface area contributed by atoms with Gasteiger partial charge in [0.25, 0.3) is 0 Å². The molecule has 0 fully saturated rings. The molecule has 0 aliphatic carbocycles. The van der Waals surface area contributed by atoms with Gasteiger partial charge in [-0.15, -0.1) is 0 Å². The second-order valence-electron chi connectivity index (χ2n) is 1.54. The van der Waals surface area contributed by atoms with E-state index >= 15 is 0 Å². The first-order valence-electron chi connectivity index (χ1n) is 2.00. The molecule has 0 amide bonds. The largest absolute Gasteiger partial charge is 0.324 e. The Morgan fingerprint density at radius 2 is 2.17 bits per heavy atom. The zero-order valence-electron chi connectivity index (χ0n) is 4.18. The van der Waals surface area contributed by atoms with E-state index in [1.54, 1.807) is 6.21 Å². The molecule has 0 spiro atoms. The van der Waals surface area contributed by atoms with E-state index in [2.05, 4.69) is 5.10 Å². The summed E-state index contributed by atoms with van der Waals surface area (Å²) in [7, 11) is 0. The van der Waals surface area contributed by atoms with E-state index in [0.29, 0.717) is 5.92 Å². The van der Waals surface area contributed by atoms with E-state index in [1.165, 1.54) is 0 Å². The summed E-state index contributed by atoms with van der Waals surface area (Å²) in [6.07, 6.45) is 1.69. The third-order valence-electron chi connectivity index (χ3n) is 0.384. The zero-order valence-corrected chi connectivity index (χ0v) is 4.18. The predicted molar refractivity (Wildman–Crippen MR) is 27.5 cm³/mol. The molecule has 0 aromatic rings. The highest BCUT2D eigenvalue weighted by atomic mass is 15.1. The molecule has 2 heteroatoms. The van der Waals surface area contributed by atoms with Gasteiger partial charge in [0.2, 0.25) is 0 Å². The van der Waals surface area contributed by atoms with E-state index in [0.717, 1.165) is 0 Å². The summed E-state index contributed by atoms with van der Waals surface area (Å²) in [6.45, 7) is 4.05. The van der Waals surface area contributed by atoms with Crippen molar-refractivity contribution in [3.63, 3.8) is 0 Å². The molecule has 0 heterocycles. The van der Waals surface area contributed by atoms with Crippen LogP contribution in [-0.4, -0.2) is 6.21 Å². The van der Waals surface area contributed by atoms with Crippen molar-refractivity contribution in [1.82, 2.24) is 0 Å². The van der Waals surface area contributed by atoms with Crippen molar-refractivity contribution in [2.24, 2.45) is 16.9 Å². The maximum atomic E-state index is 4.80. The second-order valence-corrected chi connectivity index (χ2v) is 1.54. The smallest absolute Gasteiger partial charge is 0.0265 e. The molecule has 0 aromatic heterocycles. The molecule has 0 rings (SSSR count). The van der Waals surface area contributed by atoms with Gasteiger partial charge < -0.3 is 5.84 Å². The van der Waals surface area contributed by atoms with Crippen LogP contribution in [0.1, 0.15) is 13.8 Å². The number of nitrogens with two attached hydrogens (primary N) is 1. The van der Waals surface area contributed by atoms with Gasteiger partial charge in [0.05, 0.1) is 0 Å². The third-order valence-corrected chi connectivity index (χ3v) is 0.384. The van der Waals surface area contributed by atoms with Crippen molar-refractivity contribution in [3.05, 3.63) is 0 Å². The van der Waals surface area contributed by atoms with Crippen molar-refractivity contribution >= 4 is 6.21 Å². The van der Waals surface area contributed by atoms with E-state index in [-0.39, 0.29) is 0 Å². The van der Waals surface area contributed by atoms with E-state index in [9.17, 15) is 0 Å². The molecule has 0 unspecified atom stereocenters. The summed E-state index contributed by atoms with van der Waals surface area (Å²) in [4.78, 5) is 0. The lowest BCUT2D eigenvalue weighted by Gasteiger charge is -1.85. The first kappa shape index (κ1) is 5.47. The molecule has 0 aliphatic rings. The van der Waals surface area contributed by atoms with Crippen LogP contribution in [0.4, 0.5) is 0 Å². The lowest BCUT2D eigenvalue weighted by molar-refractivity contribution is 0.900. The van der Waals surface area contributed by atoms with Crippen molar-refractivity contribution in [2.45, 2.75) is 13.8 Å². The molecule has 2 nitrogen and oxygen atoms in total. The van der Waals surface area contributed by atoms with Crippen LogP contribution in [0.25, 0.3) is 0 Å². The van der Waals surface area contributed by atoms with Crippen LogP contribution < -0.4 is 5.84 Å². The van der Waals surface area contributed by atoms with Gasteiger partial charge in [-0.3, -0.25) is 0 Å². The Kier molecular flexibility index (Phi) is 2.46. The van der Waals surface area contributed by atoms with Gasteiger partial charge in [-0.05, 0) is 5.92 Å². The molecule has 0 atom stereocenters. The molecule has 0 aromatic carbocycles. The second kappa shape index (κ2) is 2.69. The van der Waals surface area contributed by atoms with Crippen LogP contribution in [0.5, 0.6) is 0 Å². The Morgan fingerprint density at radius 1 is 1.67 bits per heavy atom. The predicted octanol–water partition coefficient (Wildman–Crippen LogP) is 0.587. The fourth-order valence-electron chi connectivity index (χ4n) is 0.172. The lowest BCUT2D eigenvalue weighted by atomic mass is 10.3. The van der Waals surface area contributed by atoms with Crippen LogP contribution >= 0.6 is 0 Å². The van der Waals surface area contributed by atoms with Crippen LogP contribution in [0.15, 0.2) is 5.10 Å². The van der Waals surface area contributed by atoms with Crippen LogP contribution in [0, 0.1) is 5.92 Å². The van der Waals surface area contributed by atoms with Crippen LogP contribution in [0.3, 0.4) is 0 Å². The standard InChI is InChI=1S/C4H10N2/c1-4(2)3-6-5/h3-4H,5H2,1-2H3/b6-3+. The molecule has 36 valence electrons. The minimum atomic E-state index is 0.481. The molecular weight excluding hydrogens is 76.1 g/mol. The van der Waals surface area contributed by atoms with Gasteiger partial charge >= 0.3 is 0 Å². The summed E-state index contributed by atoms with van der Waals surface area (Å²) >= 11 is 0. The first-order valence-corrected chi connectivity index (χ1v) is 2.00. The lowest BCUT2D eigenvalue weighted by Crippen LogP contribution is -1.90. The Bertz CT molecular complexity index is 47.5. The summed E-state index contributed by atoms with van der Waals surface area (Å²) in [5.41, 5.74) is 0. The first-order chi connectivity index (χ1) is 2.77. The monoisotopic (exact) mass is 86.1 g/mol. The van der Waals surface area contributed by atoms with Crippen molar-refractivity contribution in [3.8, 4) is 0 Å². The van der Waals surface area contributed by atoms with Gasteiger partial charge in [0, 0.05) is 6.21 Å². The van der Waals surface area contributed by atoms with Crippen molar-refractivity contribution in [2.75, 3.05) is 0 Å². The fourth-order valence-corrected chi connectivity index (χ4v) is 0.172. The third kappa shape index (κ3) is 3.47. The minimum Gasteiger partial charge on any atom is -0.324 e. The van der Waals surface area contributed by atoms with Gasteiger partial charge in [-0.1, -0.05) is 13.8 Å². The number of hydrogen-bond acceptors (Lipinski definition) is 2. The maximum absolute atomic E-state index is 4.80. The molecule has 0 saturated carbocycles. The summed E-state index contributed by atoms with van der Waals surface area (Å²) in [5.74, 6) is 5.28. The van der Waals surface area contributed by atoms with Crippen LogP contribution in [-0.2, 0) is 0 Å². The van der Waals surface area contributed by atoms with Gasteiger partial charge in [0.15, 0.2) is 0 Å². The highest BCUT2D eigenvalue weighted by Gasteiger charge is 1.78. The number of rotatable bonds is 1. The van der Waals surface area contributed by atoms with Crippen molar-refractivity contribution < 1.29 is 0 Å². The summed E-state index contributed by atoms with van der Waals surface area (Å²) in [6, 6.07) is 0. The Labute approximate surface area is 38.0 Å². The fraction of sp³-hybridized carbons (Fsp3) is 0.750. The Hall–Kier alpha value is -0.530. The molecule has 6 heavy (non-hydrogen) atoms. The summed E-state index contributed by atoms with van der Waals surface area (Å²) in [5, 5.41) is 3.31. The van der Waals surface area contributed by atoms with E-state index in [4.69, 9.17) is 5.84 Å². The summed E-state index contributed by atoms with van der Waals surface area (Å²) < 4.78 is 0. The SMILES string of the molecule is CC(C)/C=N/N. The Balaban J connectivity index is 3.03. The number of hydrogen-bond donors (Lipinski definition) is 1. The van der Waals surface area contributed by atoms with Gasteiger partial charge in [0.1, 0.15) is 0 Å². The molecule has 0 aliphatic heterocycles. The molecule has 0 radical (unpaired) electrons. The molecule has 2 N–H and O–H groups in total. The van der Waals surface area contributed by atoms with Crippen LogP contribution in [0.2, 0.25) is 0 Å². The highest BCUT2D eigenvalue weighted by Crippen LogP contribution is 1.80. The highest BCUT2D eigenvalue weighted by molar-refractivity contribution is 5.58. The maximum Gasteiger partial charge on any atom is 0.0265 e. The van der Waals surface area contributed by atoms with Crippen molar-refractivity contribution in [1.29, 1.82) is 0 Å². The average molecular weight is 86.1 g/mol. The minimum absolute atomic E-state index is 0.481. The normalized spacial score (nSPS) is 11.2. The zero-order chi connectivity index (χ0) is 4.99. The molecule has 0 saturated heterocycles. The number of nitrogens with zero attached hydrogens (tertiary/aromatic N) is 1.